The predicted octanol–water partition coefficient (Wildman–Crippen LogP) is 4.49. The van der Waals surface area contributed by atoms with E-state index >= 15 is 0 Å². The van der Waals surface area contributed by atoms with E-state index in [9.17, 15) is 18.9 Å². The van der Waals surface area contributed by atoms with Gasteiger partial charge in [-0.3, -0.25) is 14.2 Å². The van der Waals surface area contributed by atoms with Crippen molar-refractivity contribution in [2.24, 2.45) is 0 Å². The lowest BCUT2D eigenvalue weighted by atomic mass is 10.0. The Kier molecular flexibility index (Phi) is 13.6. The standard InChI is InChI=1S/C37H47N6O8P/c1-5-49-36(46)42-21-19-41(20-22-42)35(45)31(23-26-13-15-28(16-14-26)37(52-47,50-6-2)51-7-3)39-34(44)30-24-32(43-18-17-29(25-43)48-4)40-33(38-30)27-11-9-8-10-12-27/h8-16,24,29,31H,5-7,17-23,25H2,1-4H3,(H,39,44). The number of carbonyl (C=O) groups excluding carboxylic acids is 3. The van der Waals surface area contributed by atoms with Gasteiger partial charge in [0.05, 0.1) is 12.7 Å². The smallest absolute Gasteiger partial charge is 0.409 e. The Bertz CT molecular complexity index is 1670. The Balaban J connectivity index is 1.43. The number of piperazine rings is 1. The number of anilines is 1. The molecular formula is C37H47N6O8P. The van der Waals surface area contributed by atoms with Crippen LogP contribution in [0.2, 0.25) is 0 Å². The highest BCUT2D eigenvalue weighted by molar-refractivity contribution is 7.24. The van der Waals surface area contributed by atoms with Crippen LogP contribution in [0.1, 0.15) is 48.8 Å². The first-order chi connectivity index (χ1) is 25.2. The van der Waals surface area contributed by atoms with E-state index in [4.69, 9.17) is 23.9 Å². The van der Waals surface area contributed by atoms with Gasteiger partial charge in [-0.1, -0.05) is 54.6 Å². The van der Waals surface area contributed by atoms with Gasteiger partial charge in [0.25, 0.3) is 11.4 Å². The Hall–Kier alpha value is -4.49. The largest absolute Gasteiger partial charge is 0.450 e. The van der Waals surface area contributed by atoms with Crippen molar-refractivity contribution >= 4 is 32.2 Å². The highest BCUT2D eigenvalue weighted by atomic mass is 31.1. The van der Waals surface area contributed by atoms with Crippen molar-refractivity contribution in [2.75, 3.05) is 71.1 Å². The summed E-state index contributed by atoms with van der Waals surface area (Å²) in [6.45, 7) is 8.66. The molecule has 2 atom stereocenters. The molecule has 2 saturated heterocycles. The number of hydrogen-bond acceptors (Lipinski definition) is 11. The van der Waals surface area contributed by atoms with E-state index in [0.717, 1.165) is 17.5 Å². The predicted molar refractivity (Wildman–Crippen MR) is 194 cm³/mol. The van der Waals surface area contributed by atoms with Crippen molar-refractivity contribution in [1.29, 1.82) is 0 Å². The van der Waals surface area contributed by atoms with E-state index < -0.39 is 23.6 Å². The summed E-state index contributed by atoms with van der Waals surface area (Å²) in [5, 5.41) is 2.98. The molecule has 0 saturated carbocycles. The number of nitrogens with zero attached hydrogens (tertiary/aromatic N) is 5. The molecule has 3 heterocycles. The van der Waals surface area contributed by atoms with Crippen LogP contribution in [-0.4, -0.2) is 116 Å². The average molecular weight is 735 g/mol. The zero-order valence-corrected chi connectivity index (χ0v) is 31.1. The van der Waals surface area contributed by atoms with Gasteiger partial charge < -0.3 is 39.0 Å². The summed E-state index contributed by atoms with van der Waals surface area (Å²) in [5.74, 6) is 0.164. The van der Waals surface area contributed by atoms with Crippen LogP contribution in [0.3, 0.4) is 0 Å². The summed E-state index contributed by atoms with van der Waals surface area (Å²) in [7, 11) is 1.34. The van der Waals surface area contributed by atoms with Gasteiger partial charge in [0, 0.05) is 83.2 Å². The topological polar surface area (TPSA) is 153 Å². The van der Waals surface area contributed by atoms with Gasteiger partial charge in [0.15, 0.2) is 5.82 Å². The zero-order valence-electron chi connectivity index (χ0n) is 30.2. The third-order valence-corrected chi connectivity index (χ3v) is 9.82. The summed E-state index contributed by atoms with van der Waals surface area (Å²) < 4.78 is 34.5. The van der Waals surface area contributed by atoms with Gasteiger partial charge in [-0.25, -0.2) is 14.8 Å². The fourth-order valence-corrected chi connectivity index (χ4v) is 6.94. The normalized spacial score (nSPS) is 16.9. The van der Waals surface area contributed by atoms with Gasteiger partial charge >= 0.3 is 6.09 Å². The SMILES string of the molecule is CCOC(=O)N1CCN(C(=O)C(Cc2ccc(C(OCC)(OCC)P=O)cc2)NC(=O)c2cc(N3CCC(OC)C3)nc(-c3ccccc3)n2)CC1. The van der Waals surface area contributed by atoms with Crippen molar-refractivity contribution in [3.63, 3.8) is 0 Å². The Morgan fingerprint density at radius 1 is 0.904 bits per heavy atom. The van der Waals surface area contributed by atoms with Crippen LogP contribution >= 0.6 is 8.46 Å². The fourth-order valence-electron chi connectivity index (χ4n) is 6.33. The third kappa shape index (κ3) is 9.29. The van der Waals surface area contributed by atoms with Crippen LogP contribution in [-0.2, 0) is 40.3 Å². The molecular weight excluding hydrogens is 687 g/mol. The molecule has 52 heavy (non-hydrogen) atoms. The van der Waals surface area contributed by atoms with Crippen LogP contribution in [0, 0.1) is 0 Å². The Morgan fingerprint density at radius 3 is 2.17 bits per heavy atom. The molecule has 5 rings (SSSR count). The van der Waals surface area contributed by atoms with Crippen molar-refractivity contribution in [1.82, 2.24) is 25.1 Å². The van der Waals surface area contributed by atoms with Crippen molar-refractivity contribution in [3.05, 3.63) is 77.5 Å². The van der Waals surface area contributed by atoms with Crippen LogP contribution < -0.4 is 10.2 Å². The highest BCUT2D eigenvalue weighted by Gasteiger charge is 2.36. The van der Waals surface area contributed by atoms with Crippen molar-refractivity contribution in [2.45, 2.75) is 51.3 Å². The lowest BCUT2D eigenvalue weighted by Crippen LogP contribution is -2.56. The van der Waals surface area contributed by atoms with Crippen molar-refractivity contribution < 1.29 is 37.9 Å². The number of aromatic nitrogens is 2. The number of benzene rings is 2. The van der Waals surface area contributed by atoms with Gasteiger partial charge in [-0.15, -0.1) is 0 Å². The van der Waals surface area contributed by atoms with Crippen molar-refractivity contribution in [3.8, 4) is 11.4 Å². The minimum absolute atomic E-state index is 0.0468. The zero-order chi connectivity index (χ0) is 37.1. The van der Waals surface area contributed by atoms with E-state index in [1.165, 1.54) is 0 Å². The molecule has 2 aliphatic rings. The lowest BCUT2D eigenvalue weighted by molar-refractivity contribution is -0.176. The molecule has 3 aromatic rings. The number of hydrogen-bond donors (Lipinski definition) is 1. The van der Waals surface area contributed by atoms with E-state index in [0.29, 0.717) is 43.4 Å². The first kappa shape index (κ1) is 38.7. The number of rotatable bonds is 15. The number of methoxy groups -OCH3 is 1. The molecule has 1 aromatic heterocycles. The first-order valence-corrected chi connectivity index (χ1v) is 18.5. The summed E-state index contributed by atoms with van der Waals surface area (Å²) in [6.07, 6.45) is 0.604. The van der Waals surface area contributed by atoms with Crippen LogP contribution in [0.25, 0.3) is 11.4 Å². The average Bonchev–Trinajstić information content (AvgIpc) is 3.67. The van der Waals surface area contributed by atoms with Gasteiger partial charge in [0.2, 0.25) is 14.4 Å². The summed E-state index contributed by atoms with van der Waals surface area (Å²) in [5.41, 5.74) is 0.716. The highest BCUT2D eigenvalue weighted by Crippen LogP contribution is 2.38. The summed E-state index contributed by atoms with van der Waals surface area (Å²) in [6, 6.07) is 17.2. The van der Waals surface area contributed by atoms with Crippen LogP contribution in [0.15, 0.2) is 60.7 Å². The number of ether oxygens (including phenoxy) is 4. The van der Waals surface area contributed by atoms with Gasteiger partial charge in [-0.2, -0.15) is 0 Å². The molecule has 2 aromatic carbocycles. The minimum Gasteiger partial charge on any atom is -0.450 e. The number of amides is 3. The second kappa shape index (κ2) is 18.3. The monoisotopic (exact) mass is 734 g/mol. The molecule has 0 aliphatic carbocycles. The van der Waals surface area contributed by atoms with E-state index in [-0.39, 0.29) is 65.5 Å². The molecule has 278 valence electrons. The molecule has 2 aliphatic heterocycles. The second-order valence-electron chi connectivity index (χ2n) is 12.4. The molecule has 0 bridgehead atoms. The second-order valence-corrected chi connectivity index (χ2v) is 13.1. The maximum atomic E-state index is 14.2. The minimum atomic E-state index is -1.45. The fraction of sp³-hybridized carbons (Fsp3) is 0.486. The maximum Gasteiger partial charge on any atom is 0.409 e. The summed E-state index contributed by atoms with van der Waals surface area (Å²) >= 11 is 0. The number of nitrogens with one attached hydrogen (secondary N) is 1. The van der Waals surface area contributed by atoms with Crippen LogP contribution in [0.4, 0.5) is 10.6 Å². The maximum absolute atomic E-state index is 14.2. The molecule has 1 N–H and O–H groups in total. The molecule has 0 spiro atoms. The molecule has 0 radical (unpaired) electrons. The number of carbonyl (C=O) groups is 3. The molecule has 14 nitrogen and oxygen atoms in total. The molecule has 2 fully saturated rings. The van der Waals surface area contributed by atoms with E-state index in [1.807, 2.05) is 30.3 Å². The summed E-state index contributed by atoms with van der Waals surface area (Å²) in [4.78, 5) is 55.4. The Morgan fingerprint density at radius 2 is 1.58 bits per heavy atom. The molecule has 2 unspecified atom stereocenters. The third-order valence-electron chi connectivity index (χ3n) is 9.06. The first-order valence-electron chi connectivity index (χ1n) is 17.7. The lowest BCUT2D eigenvalue weighted by Gasteiger charge is -2.36. The van der Waals surface area contributed by atoms with Gasteiger partial charge in [0.1, 0.15) is 17.6 Å². The quantitative estimate of drug-likeness (QED) is 0.174. The Labute approximate surface area is 306 Å². The van der Waals surface area contributed by atoms with Crippen LogP contribution in [0.5, 0.6) is 0 Å². The van der Waals surface area contributed by atoms with Gasteiger partial charge in [-0.05, 0) is 32.8 Å². The molecule has 15 heteroatoms. The molecule has 3 amide bonds. The van der Waals surface area contributed by atoms with E-state index in [2.05, 4.69) is 15.2 Å². The van der Waals surface area contributed by atoms with E-state index in [1.54, 1.807) is 68.0 Å².